The number of hydrogen-bond donors (Lipinski definition) is 1. The molecule has 0 saturated carbocycles. The Hall–Kier alpha value is 0.170. The summed E-state index contributed by atoms with van der Waals surface area (Å²) in [6.07, 6.45) is 0.427. The lowest BCUT2D eigenvalue weighted by Gasteiger charge is -2.15. The number of hydrogen-bond acceptors (Lipinski definition) is 3. The first kappa shape index (κ1) is 13.2. The molecule has 1 unspecified atom stereocenters. The molecule has 0 aliphatic heterocycles. The van der Waals surface area contributed by atoms with E-state index in [4.69, 9.17) is 21.4 Å². The number of alkyl halides is 1. The van der Waals surface area contributed by atoms with Crippen molar-refractivity contribution in [3.8, 4) is 0 Å². The molecule has 0 aromatic rings. The van der Waals surface area contributed by atoms with Crippen LogP contribution >= 0.6 is 11.6 Å². The lowest BCUT2D eigenvalue weighted by molar-refractivity contribution is 0.0284. The summed E-state index contributed by atoms with van der Waals surface area (Å²) in [5, 5.41) is 9.17. The predicted octanol–water partition coefficient (Wildman–Crippen LogP) is 0.944. The van der Waals surface area contributed by atoms with Crippen molar-refractivity contribution >= 4 is 11.6 Å². The van der Waals surface area contributed by atoms with E-state index >= 15 is 0 Å². The van der Waals surface area contributed by atoms with Gasteiger partial charge in [-0.15, -0.1) is 11.6 Å². The van der Waals surface area contributed by atoms with Crippen LogP contribution in [0.4, 0.5) is 0 Å². The maximum Gasteiger partial charge on any atom is 0.0771 e. The summed E-state index contributed by atoms with van der Waals surface area (Å²) < 4.78 is 5.27. The number of halogens is 1. The highest BCUT2D eigenvalue weighted by atomic mass is 35.5. The molecule has 0 spiro atoms. The molecule has 0 saturated heterocycles. The van der Waals surface area contributed by atoms with Crippen LogP contribution in [0.15, 0.2) is 0 Å². The van der Waals surface area contributed by atoms with E-state index in [1.165, 1.54) is 0 Å². The summed E-state index contributed by atoms with van der Waals surface area (Å²) in [6.45, 7) is 4.77. The van der Waals surface area contributed by atoms with E-state index in [2.05, 4.69) is 4.90 Å². The van der Waals surface area contributed by atoms with Gasteiger partial charge in [0.25, 0.3) is 0 Å². The smallest absolute Gasteiger partial charge is 0.0771 e. The van der Waals surface area contributed by atoms with Gasteiger partial charge in [0.15, 0.2) is 0 Å². The minimum absolute atomic E-state index is 0.321. The summed E-state index contributed by atoms with van der Waals surface area (Å²) in [5.41, 5.74) is 0. The molecule has 0 amide bonds. The second-order valence-corrected chi connectivity index (χ2v) is 3.51. The molecule has 1 atom stereocenters. The third kappa shape index (κ3) is 8.50. The Morgan fingerprint density at radius 2 is 2.15 bits per heavy atom. The highest BCUT2D eigenvalue weighted by Gasteiger charge is 2.01. The van der Waals surface area contributed by atoms with Crippen molar-refractivity contribution in [1.29, 1.82) is 0 Å². The molecule has 4 heteroatoms. The van der Waals surface area contributed by atoms with Gasteiger partial charge in [0.1, 0.15) is 0 Å². The Bertz CT molecular complexity index is 114. The average Bonchev–Trinajstić information content (AvgIpc) is 2.12. The van der Waals surface area contributed by atoms with Gasteiger partial charge in [-0.3, -0.25) is 0 Å². The van der Waals surface area contributed by atoms with Crippen LogP contribution in [-0.4, -0.2) is 55.3 Å². The third-order valence-corrected chi connectivity index (χ3v) is 2.03. The first-order valence-electron chi connectivity index (χ1n) is 4.71. The van der Waals surface area contributed by atoms with Crippen LogP contribution in [0.3, 0.4) is 0 Å². The molecule has 3 nitrogen and oxygen atoms in total. The molecular formula is C9H20ClNO2. The minimum atomic E-state index is -0.321. The van der Waals surface area contributed by atoms with Crippen molar-refractivity contribution in [2.75, 3.05) is 39.2 Å². The summed E-state index contributed by atoms with van der Waals surface area (Å²) >= 11 is 5.56. The molecule has 1 N–H and O–H groups in total. The van der Waals surface area contributed by atoms with Crippen molar-refractivity contribution in [3.63, 3.8) is 0 Å². The molecule has 0 aliphatic rings. The SMILES string of the molecule is CCC(O)COCCN(C)CCCl. The first-order valence-corrected chi connectivity index (χ1v) is 5.24. The molecule has 0 bridgehead atoms. The maximum atomic E-state index is 9.17. The van der Waals surface area contributed by atoms with E-state index in [1.54, 1.807) is 0 Å². The third-order valence-electron chi connectivity index (χ3n) is 1.87. The van der Waals surface area contributed by atoms with Gasteiger partial charge >= 0.3 is 0 Å². The molecule has 0 fully saturated rings. The van der Waals surface area contributed by atoms with E-state index in [0.29, 0.717) is 19.1 Å². The molecule has 0 aromatic carbocycles. The van der Waals surface area contributed by atoms with Gasteiger partial charge in [0.05, 0.1) is 19.3 Å². The fraction of sp³-hybridized carbons (Fsp3) is 1.00. The van der Waals surface area contributed by atoms with Crippen molar-refractivity contribution in [2.45, 2.75) is 19.4 Å². The molecule has 0 aliphatic carbocycles. The predicted molar refractivity (Wildman–Crippen MR) is 55.3 cm³/mol. The number of aliphatic hydroxyl groups excluding tert-OH is 1. The number of aliphatic hydroxyl groups is 1. The fourth-order valence-corrected chi connectivity index (χ4v) is 1.10. The molecule has 0 rings (SSSR count). The van der Waals surface area contributed by atoms with Gasteiger partial charge in [0, 0.05) is 19.0 Å². The largest absolute Gasteiger partial charge is 0.391 e. The van der Waals surface area contributed by atoms with Gasteiger partial charge in [-0.1, -0.05) is 6.92 Å². The number of ether oxygens (including phenoxy) is 1. The zero-order chi connectivity index (χ0) is 10.1. The first-order chi connectivity index (χ1) is 6.20. The fourth-order valence-electron chi connectivity index (χ4n) is 0.814. The van der Waals surface area contributed by atoms with Crippen molar-refractivity contribution in [2.24, 2.45) is 0 Å². The summed E-state index contributed by atoms with van der Waals surface area (Å²) in [7, 11) is 2.00. The standard InChI is InChI=1S/C9H20ClNO2/c1-3-9(12)8-13-7-6-11(2)5-4-10/h9,12H,3-8H2,1-2H3. The van der Waals surface area contributed by atoms with Crippen molar-refractivity contribution < 1.29 is 9.84 Å². The van der Waals surface area contributed by atoms with Crippen LogP contribution in [0.25, 0.3) is 0 Å². The highest BCUT2D eigenvalue weighted by Crippen LogP contribution is 1.91. The van der Waals surface area contributed by atoms with E-state index in [1.807, 2.05) is 14.0 Å². The van der Waals surface area contributed by atoms with E-state index < -0.39 is 0 Å². The summed E-state index contributed by atoms with van der Waals surface area (Å²) in [5.74, 6) is 0.647. The Kier molecular flexibility index (Phi) is 8.87. The van der Waals surface area contributed by atoms with Crippen LogP contribution in [0.5, 0.6) is 0 Å². The Morgan fingerprint density at radius 1 is 1.46 bits per heavy atom. The average molecular weight is 210 g/mol. The summed E-state index contributed by atoms with van der Waals surface area (Å²) in [4.78, 5) is 2.10. The lowest BCUT2D eigenvalue weighted by atomic mass is 10.3. The van der Waals surface area contributed by atoms with Crippen molar-refractivity contribution in [1.82, 2.24) is 4.90 Å². The Labute approximate surface area is 85.6 Å². The van der Waals surface area contributed by atoms with Gasteiger partial charge in [-0.05, 0) is 13.5 Å². The molecular weight excluding hydrogens is 190 g/mol. The van der Waals surface area contributed by atoms with Crippen LogP contribution in [0.1, 0.15) is 13.3 Å². The number of rotatable bonds is 8. The quantitative estimate of drug-likeness (QED) is 0.477. The monoisotopic (exact) mass is 209 g/mol. The molecule has 13 heavy (non-hydrogen) atoms. The van der Waals surface area contributed by atoms with Crippen molar-refractivity contribution in [3.05, 3.63) is 0 Å². The zero-order valence-electron chi connectivity index (χ0n) is 8.50. The lowest BCUT2D eigenvalue weighted by Crippen LogP contribution is -2.26. The van der Waals surface area contributed by atoms with Crippen LogP contribution in [0, 0.1) is 0 Å². The van der Waals surface area contributed by atoms with Crippen LogP contribution in [0.2, 0.25) is 0 Å². The highest BCUT2D eigenvalue weighted by molar-refractivity contribution is 6.18. The van der Waals surface area contributed by atoms with Gasteiger partial charge in [-0.2, -0.15) is 0 Å². The second-order valence-electron chi connectivity index (χ2n) is 3.13. The summed E-state index contributed by atoms with van der Waals surface area (Å²) in [6, 6.07) is 0. The molecule has 0 aromatic heterocycles. The molecule has 80 valence electrons. The van der Waals surface area contributed by atoms with Gasteiger partial charge < -0.3 is 14.7 Å². The Morgan fingerprint density at radius 3 is 2.69 bits per heavy atom. The Balaban J connectivity index is 3.15. The topological polar surface area (TPSA) is 32.7 Å². The van der Waals surface area contributed by atoms with E-state index in [0.717, 1.165) is 19.5 Å². The normalized spacial score (nSPS) is 13.6. The molecule has 0 radical (unpaired) electrons. The van der Waals surface area contributed by atoms with Gasteiger partial charge in [0.2, 0.25) is 0 Å². The van der Waals surface area contributed by atoms with Gasteiger partial charge in [-0.25, -0.2) is 0 Å². The zero-order valence-corrected chi connectivity index (χ0v) is 9.26. The molecule has 0 heterocycles. The van der Waals surface area contributed by atoms with Crippen LogP contribution < -0.4 is 0 Å². The maximum absolute atomic E-state index is 9.17. The van der Waals surface area contributed by atoms with E-state index in [-0.39, 0.29) is 6.10 Å². The minimum Gasteiger partial charge on any atom is -0.391 e. The van der Waals surface area contributed by atoms with Crippen LogP contribution in [-0.2, 0) is 4.74 Å². The number of nitrogens with zero attached hydrogens (tertiary/aromatic N) is 1. The number of likely N-dealkylation sites (N-methyl/N-ethyl adjacent to an activating group) is 1. The van der Waals surface area contributed by atoms with E-state index in [9.17, 15) is 0 Å². The second kappa shape index (κ2) is 8.75.